The lowest BCUT2D eigenvalue weighted by Gasteiger charge is -2.26. The van der Waals surface area contributed by atoms with E-state index in [9.17, 15) is 22.8 Å². The normalized spacial score (nSPS) is 15.3. The molecule has 172 valence electrons. The van der Waals surface area contributed by atoms with Crippen molar-refractivity contribution in [3.05, 3.63) is 75.9 Å². The van der Waals surface area contributed by atoms with Crippen molar-refractivity contribution in [1.82, 2.24) is 20.4 Å². The standard InChI is InChI=1S/C22H20F3N5O3/c1-13(16-10-17(22(23,24)25)20(32)26-12-16)33-29-19(31)14-6-8-30(9-7-14)21-27-11-15-4-2-3-5-18(15)28-21/h2-6,10-13H,7-9H2,1H3,(H,26,32)(H,29,31)/t13-/m1/s1. The van der Waals surface area contributed by atoms with E-state index in [0.717, 1.165) is 17.1 Å². The number of nitrogens with zero attached hydrogens (tertiary/aromatic N) is 3. The Labute approximate surface area is 186 Å². The van der Waals surface area contributed by atoms with E-state index in [1.165, 1.54) is 6.92 Å². The molecule has 3 aromatic rings. The van der Waals surface area contributed by atoms with Gasteiger partial charge in [-0.1, -0.05) is 24.3 Å². The fourth-order valence-electron chi connectivity index (χ4n) is 3.39. The first kappa shape index (κ1) is 22.5. The predicted octanol–water partition coefficient (Wildman–Crippen LogP) is 3.28. The van der Waals surface area contributed by atoms with Crippen LogP contribution in [0.2, 0.25) is 0 Å². The van der Waals surface area contributed by atoms with Gasteiger partial charge in [0.2, 0.25) is 5.95 Å². The first-order valence-electron chi connectivity index (χ1n) is 10.1. The third kappa shape index (κ3) is 5.03. The third-order valence-electron chi connectivity index (χ3n) is 5.29. The predicted molar refractivity (Wildman–Crippen MR) is 114 cm³/mol. The Hall–Kier alpha value is -3.73. The quantitative estimate of drug-likeness (QED) is 0.568. The van der Waals surface area contributed by atoms with E-state index >= 15 is 0 Å². The van der Waals surface area contributed by atoms with Crippen LogP contribution in [0.25, 0.3) is 10.9 Å². The van der Waals surface area contributed by atoms with Crippen LogP contribution in [0, 0.1) is 0 Å². The number of para-hydroxylation sites is 1. The zero-order chi connectivity index (χ0) is 23.6. The summed E-state index contributed by atoms with van der Waals surface area (Å²) in [4.78, 5) is 42.0. The average Bonchev–Trinajstić information content (AvgIpc) is 2.81. The molecule has 8 nitrogen and oxygen atoms in total. The number of pyridine rings is 1. The molecule has 0 unspecified atom stereocenters. The molecule has 4 rings (SSSR count). The van der Waals surface area contributed by atoms with Gasteiger partial charge in [-0.2, -0.15) is 13.2 Å². The van der Waals surface area contributed by atoms with E-state index < -0.39 is 29.3 Å². The van der Waals surface area contributed by atoms with E-state index in [2.05, 4.69) is 15.4 Å². The molecule has 0 saturated heterocycles. The van der Waals surface area contributed by atoms with Crippen LogP contribution in [0.4, 0.5) is 19.1 Å². The first-order chi connectivity index (χ1) is 15.7. The number of hydroxylamine groups is 1. The van der Waals surface area contributed by atoms with Crippen LogP contribution in [-0.2, 0) is 15.8 Å². The molecule has 33 heavy (non-hydrogen) atoms. The number of H-pyrrole nitrogens is 1. The second kappa shape index (κ2) is 9.02. The SMILES string of the molecule is C[C@@H](ONC(=O)C1=CCN(c2ncc3ccccc3n2)CC1)c1c[nH]c(=O)c(C(F)(F)F)c1. The second-order valence-electron chi connectivity index (χ2n) is 7.52. The molecule has 2 aromatic heterocycles. The maximum absolute atomic E-state index is 12.9. The summed E-state index contributed by atoms with van der Waals surface area (Å²) in [6, 6.07) is 8.34. The highest BCUT2D eigenvalue weighted by atomic mass is 19.4. The molecule has 1 atom stereocenters. The molecule has 0 radical (unpaired) electrons. The van der Waals surface area contributed by atoms with Crippen molar-refractivity contribution in [3.63, 3.8) is 0 Å². The molecule has 0 saturated carbocycles. The number of rotatable bonds is 5. The van der Waals surface area contributed by atoms with Crippen LogP contribution in [0.3, 0.4) is 0 Å². The molecule has 1 aromatic carbocycles. The molecule has 0 fully saturated rings. The number of carbonyl (C=O) groups excluding carboxylic acids is 1. The van der Waals surface area contributed by atoms with Gasteiger partial charge < -0.3 is 9.88 Å². The van der Waals surface area contributed by atoms with E-state index in [4.69, 9.17) is 4.84 Å². The molecule has 0 spiro atoms. The number of benzene rings is 1. The fraction of sp³-hybridized carbons (Fsp3) is 0.273. The number of aromatic amines is 1. The summed E-state index contributed by atoms with van der Waals surface area (Å²) in [6.45, 7) is 2.40. The van der Waals surface area contributed by atoms with Gasteiger partial charge >= 0.3 is 6.18 Å². The van der Waals surface area contributed by atoms with E-state index in [-0.39, 0.29) is 5.56 Å². The third-order valence-corrected chi connectivity index (χ3v) is 5.29. The molecular formula is C22H20F3N5O3. The van der Waals surface area contributed by atoms with Gasteiger partial charge in [-0.05, 0) is 25.5 Å². The first-order valence-corrected chi connectivity index (χ1v) is 10.1. The van der Waals surface area contributed by atoms with Gasteiger partial charge in [0, 0.05) is 42.0 Å². The molecule has 11 heteroatoms. The highest BCUT2D eigenvalue weighted by molar-refractivity contribution is 5.93. The van der Waals surface area contributed by atoms with Crippen molar-refractivity contribution in [3.8, 4) is 0 Å². The number of carbonyl (C=O) groups is 1. The molecule has 1 amide bonds. The zero-order valence-corrected chi connectivity index (χ0v) is 17.5. The fourth-order valence-corrected chi connectivity index (χ4v) is 3.39. The highest BCUT2D eigenvalue weighted by Gasteiger charge is 2.34. The van der Waals surface area contributed by atoms with Gasteiger partial charge in [0.15, 0.2) is 0 Å². The maximum Gasteiger partial charge on any atom is 0.421 e. The molecule has 1 aliphatic rings. The maximum atomic E-state index is 12.9. The molecule has 0 bridgehead atoms. The number of fused-ring (bicyclic) bond motifs is 1. The number of hydrogen-bond acceptors (Lipinski definition) is 6. The van der Waals surface area contributed by atoms with Crippen molar-refractivity contribution in [2.45, 2.75) is 25.6 Å². The number of anilines is 1. The molecule has 1 aliphatic heterocycles. The average molecular weight is 459 g/mol. The van der Waals surface area contributed by atoms with Crippen molar-refractivity contribution < 1.29 is 22.8 Å². The van der Waals surface area contributed by atoms with Gasteiger partial charge in [-0.25, -0.2) is 15.4 Å². The van der Waals surface area contributed by atoms with Gasteiger partial charge in [0.1, 0.15) is 11.7 Å². The smallest absolute Gasteiger partial charge is 0.337 e. The lowest BCUT2D eigenvalue weighted by molar-refractivity contribution is -0.139. The Morgan fingerprint density at radius 1 is 1.30 bits per heavy atom. The second-order valence-corrected chi connectivity index (χ2v) is 7.52. The van der Waals surface area contributed by atoms with Crippen LogP contribution in [0.5, 0.6) is 0 Å². The van der Waals surface area contributed by atoms with Crippen LogP contribution >= 0.6 is 0 Å². The Kier molecular flexibility index (Phi) is 6.14. The molecule has 0 aliphatic carbocycles. The summed E-state index contributed by atoms with van der Waals surface area (Å²) in [5.41, 5.74) is 1.08. The van der Waals surface area contributed by atoms with Crippen molar-refractivity contribution >= 4 is 22.8 Å². The van der Waals surface area contributed by atoms with E-state index in [1.54, 1.807) is 12.3 Å². The molecule has 3 heterocycles. The van der Waals surface area contributed by atoms with Crippen LogP contribution in [0.1, 0.15) is 30.6 Å². The van der Waals surface area contributed by atoms with E-state index in [1.807, 2.05) is 34.1 Å². The van der Waals surface area contributed by atoms with E-state index in [0.29, 0.717) is 37.1 Å². The lowest BCUT2D eigenvalue weighted by Crippen LogP contribution is -2.35. The Bertz CT molecular complexity index is 1270. The minimum Gasteiger partial charge on any atom is -0.337 e. The summed E-state index contributed by atoms with van der Waals surface area (Å²) in [6.07, 6.45) is -0.696. The number of amides is 1. The summed E-state index contributed by atoms with van der Waals surface area (Å²) in [5.74, 6) is 0.0780. The Balaban J connectivity index is 1.36. The number of halogens is 3. The minimum absolute atomic E-state index is 0.0690. The Morgan fingerprint density at radius 2 is 2.09 bits per heavy atom. The monoisotopic (exact) mass is 459 g/mol. The number of aromatic nitrogens is 3. The van der Waals surface area contributed by atoms with Gasteiger partial charge in [0.05, 0.1) is 5.52 Å². The summed E-state index contributed by atoms with van der Waals surface area (Å²) in [5, 5.41) is 0.935. The van der Waals surface area contributed by atoms with Crippen molar-refractivity contribution in [2.24, 2.45) is 0 Å². The number of hydrogen-bond donors (Lipinski definition) is 2. The molecule has 2 N–H and O–H groups in total. The topological polar surface area (TPSA) is 100 Å². The Morgan fingerprint density at radius 3 is 2.82 bits per heavy atom. The van der Waals surface area contributed by atoms with Crippen molar-refractivity contribution in [2.75, 3.05) is 18.0 Å². The van der Waals surface area contributed by atoms with Crippen molar-refractivity contribution in [1.29, 1.82) is 0 Å². The number of alkyl halides is 3. The number of nitrogens with one attached hydrogen (secondary N) is 2. The minimum atomic E-state index is -4.79. The van der Waals surface area contributed by atoms with Gasteiger partial charge in [-0.3, -0.25) is 14.4 Å². The summed E-state index contributed by atoms with van der Waals surface area (Å²) in [7, 11) is 0. The highest BCUT2D eigenvalue weighted by Crippen LogP contribution is 2.28. The van der Waals surface area contributed by atoms with Gasteiger partial charge in [0.25, 0.3) is 11.5 Å². The van der Waals surface area contributed by atoms with Crippen LogP contribution < -0.4 is 15.9 Å². The van der Waals surface area contributed by atoms with Crippen LogP contribution in [0.15, 0.2) is 59.2 Å². The van der Waals surface area contributed by atoms with Crippen LogP contribution in [-0.4, -0.2) is 33.9 Å². The molecular weight excluding hydrogens is 439 g/mol. The van der Waals surface area contributed by atoms with Gasteiger partial charge in [-0.15, -0.1) is 0 Å². The summed E-state index contributed by atoms with van der Waals surface area (Å²) >= 11 is 0. The largest absolute Gasteiger partial charge is 0.421 e. The summed E-state index contributed by atoms with van der Waals surface area (Å²) < 4.78 is 38.8. The lowest BCUT2D eigenvalue weighted by atomic mass is 10.1. The zero-order valence-electron chi connectivity index (χ0n) is 17.5.